The first-order valence-electron chi connectivity index (χ1n) is 8.80. The zero-order valence-corrected chi connectivity index (χ0v) is 17.0. The van der Waals surface area contributed by atoms with E-state index in [-0.39, 0.29) is 15.3 Å². The minimum Gasteiger partial charge on any atom is -0.369 e. The lowest BCUT2D eigenvalue weighted by atomic mass is 9.85. The van der Waals surface area contributed by atoms with Gasteiger partial charge >= 0.3 is 0 Å². The molecule has 1 saturated heterocycles. The maximum Gasteiger partial charge on any atom is 0.244 e. The molecule has 0 aliphatic carbocycles. The molecule has 1 aliphatic heterocycles. The predicted octanol–water partition coefficient (Wildman–Crippen LogP) is 4.15. The minimum atomic E-state index is -3.56. The molecule has 0 N–H and O–H groups in total. The van der Waals surface area contributed by atoms with Gasteiger partial charge in [0.1, 0.15) is 4.90 Å². The van der Waals surface area contributed by atoms with Crippen LogP contribution >= 0.6 is 11.6 Å². The maximum atomic E-state index is 12.9. The molecule has 6 heteroatoms. The van der Waals surface area contributed by atoms with Crippen molar-refractivity contribution in [3.8, 4) is 0 Å². The summed E-state index contributed by atoms with van der Waals surface area (Å²) in [5, 5.41) is 0.271. The Labute approximate surface area is 161 Å². The van der Waals surface area contributed by atoms with Crippen LogP contribution in [0.4, 0.5) is 5.69 Å². The van der Waals surface area contributed by atoms with Gasteiger partial charge in [-0.3, -0.25) is 0 Å². The monoisotopic (exact) mass is 392 g/mol. The van der Waals surface area contributed by atoms with E-state index in [9.17, 15) is 8.42 Å². The molecule has 140 valence electrons. The average molecular weight is 393 g/mol. The molecule has 0 bridgehead atoms. The van der Waals surface area contributed by atoms with Gasteiger partial charge in [-0.25, -0.2) is 8.42 Å². The van der Waals surface area contributed by atoms with Crippen molar-refractivity contribution in [1.82, 2.24) is 4.31 Å². The van der Waals surface area contributed by atoms with Crippen LogP contribution in [0.5, 0.6) is 0 Å². The van der Waals surface area contributed by atoms with E-state index in [1.54, 1.807) is 24.3 Å². The van der Waals surface area contributed by atoms with Crippen molar-refractivity contribution >= 4 is 27.3 Å². The Morgan fingerprint density at radius 3 is 2.08 bits per heavy atom. The smallest absolute Gasteiger partial charge is 0.244 e. The third-order valence-corrected chi connectivity index (χ3v) is 7.14. The molecule has 0 saturated carbocycles. The lowest BCUT2D eigenvalue weighted by molar-refractivity contribution is 0.384. The maximum absolute atomic E-state index is 12.9. The molecular formula is C20H25ClN2O2S. The predicted molar refractivity (Wildman–Crippen MR) is 108 cm³/mol. The Hall–Kier alpha value is -1.56. The van der Waals surface area contributed by atoms with E-state index in [4.69, 9.17) is 11.6 Å². The van der Waals surface area contributed by atoms with Gasteiger partial charge in [0.15, 0.2) is 0 Å². The van der Waals surface area contributed by atoms with Crippen LogP contribution in [-0.4, -0.2) is 38.9 Å². The number of sulfonamides is 1. The number of halogens is 1. The number of hydrogen-bond acceptors (Lipinski definition) is 3. The third kappa shape index (κ3) is 3.75. The molecule has 0 aromatic heterocycles. The Balaban J connectivity index is 1.80. The van der Waals surface area contributed by atoms with Gasteiger partial charge in [-0.1, -0.05) is 62.7 Å². The Kier molecular flexibility index (Phi) is 5.33. The molecule has 1 fully saturated rings. The number of anilines is 1. The molecule has 0 unspecified atom stereocenters. The first kappa shape index (κ1) is 19.2. The lowest BCUT2D eigenvalue weighted by Crippen LogP contribution is -2.49. The van der Waals surface area contributed by atoms with Crippen LogP contribution in [0.2, 0.25) is 5.02 Å². The van der Waals surface area contributed by atoms with Gasteiger partial charge in [0.05, 0.1) is 5.02 Å². The molecule has 1 aliphatic rings. The SMILES string of the molecule is CC(C)(C)c1ccccc1N1CCN(S(=O)(=O)c2ccccc2Cl)CC1. The molecule has 1 heterocycles. The average Bonchev–Trinajstić information content (AvgIpc) is 2.61. The summed E-state index contributed by atoms with van der Waals surface area (Å²) >= 11 is 6.11. The number of piperazine rings is 1. The summed E-state index contributed by atoms with van der Waals surface area (Å²) in [6.07, 6.45) is 0. The number of benzene rings is 2. The molecule has 0 amide bonds. The zero-order chi connectivity index (χ0) is 18.9. The van der Waals surface area contributed by atoms with Gasteiger partial charge < -0.3 is 4.90 Å². The highest BCUT2D eigenvalue weighted by Gasteiger charge is 2.31. The van der Waals surface area contributed by atoms with Crippen molar-refractivity contribution < 1.29 is 8.42 Å². The highest BCUT2D eigenvalue weighted by molar-refractivity contribution is 7.89. The summed E-state index contributed by atoms with van der Waals surface area (Å²) in [4.78, 5) is 2.46. The van der Waals surface area contributed by atoms with Crippen LogP contribution in [-0.2, 0) is 15.4 Å². The fourth-order valence-electron chi connectivity index (χ4n) is 3.35. The summed E-state index contributed by atoms with van der Waals surface area (Å²) in [6.45, 7) is 8.82. The summed E-state index contributed by atoms with van der Waals surface area (Å²) in [5.41, 5.74) is 2.51. The van der Waals surface area contributed by atoms with Gasteiger partial charge in [-0.2, -0.15) is 4.31 Å². The molecule has 3 rings (SSSR count). The second-order valence-corrected chi connectivity index (χ2v) is 9.90. The first-order chi connectivity index (χ1) is 12.2. The normalized spacial score (nSPS) is 16.7. The van der Waals surface area contributed by atoms with Crippen molar-refractivity contribution in [2.24, 2.45) is 0 Å². The molecule has 0 atom stereocenters. The van der Waals surface area contributed by atoms with Crippen molar-refractivity contribution in [3.05, 3.63) is 59.1 Å². The number of hydrogen-bond donors (Lipinski definition) is 0. The minimum absolute atomic E-state index is 0.0391. The van der Waals surface area contributed by atoms with Crippen LogP contribution < -0.4 is 4.90 Å². The van der Waals surface area contributed by atoms with Crippen LogP contribution in [0.25, 0.3) is 0 Å². The van der Waals surface area contributed by atoms with Crippen molar-refractivity contribution in [2.45, 2.75) is 31.1 Å². The highest BCUT2D eigenvalue weighted by atomic mass is 35.5. The summed E-state index contributed by atoms with van der Waals surface area (Å²) < 4.78 is 27.3. The van der Waals surface area contributed by atoms with E-state index in [0.717, 1.165) is 0 Å². The standard InChI is InChI=1S/C20H25ClN2O2S/c1-20(2,3)16-8-4-6-10-18(16)22-12-14-23(15-13-22)26(24,25)19-11-7-5-9-17(19)21/h4-11H,12-15H2,1-3H3. The zero-order valence-electron chi connectivity index (χ0n) is 15.4. The number of rotatable bonds is 3. The van der Waals surface area contributed by atoms with E-state index in [2.05, 4.69) is 43.9 Å². The van der Waals surface area contributed by atoms with E-state index in [0.29, 0.717) is 26.2 Å². The summed E-state index contributed by atoms with van der Waals surface area (Å²) in [7, 11) is -3.56. The summed E-state index contributed by atoms with van der Waals surface area (Å²) in [5.74, 6) is 0. The topological polar surface area (TPSA) is 40.6 Å². The molecule has 26 heavy (non-hydrogen) atoms. The van der Waals surface area contributed by atoms with E-state index < -0.39 is 10.0 Å². The van der Waals surface area contributed by atoms with Crippen molar-refractivity contribution in [2.75, 3.05) is 31.1 Å². The van der Waals surface area contributed by atoms with Gasteiger partial charge in [0.25, 0.3) is 0 Å². The van der Waals surface area contributed by atoms with E-state index in [1.165, 1.54) is 15.6 Å². The third-order valence-electron chi connectivity index (χ3n) is 4.75. The van der Waals surface area contributed by atoms with Crippen LogP contribution in [0.15, 0.2) is 53.4 Å². The molecular weight excluding hydrogens is 368 g/mol. The van der Waals surface area contributed by atoms with Gasteiger partial charge in [0, 0.05) is 31.9 Å². The van der Waals surface area contributed by atoms with Gasteiger partial charge in [-0.05, 0) is 29.2 Å². The number of para-hydroxylation sites is 1. The largest absolute Gasteiger partial charge is 0.369 e. The van der Waals surface area contributed by atoms with E-state index in [1.807, 2.05) is 6.07 Å². The number of nitrogens with zero attached hydrogens (tertiary/aromatic N) is 2. The van der Waals surface area contributed by atoms with Crippen LogP contribution in [0.1, 0.15) is 26.3 Å². The molecule has 2 aromatic rings. The highest BCUT2D eigenvalue weighted by Crippen LogP contribution is 2.33. The lowest BCUT2D eigenvalue weighted by Gasteiger charge is -2.38. The molecule has 4 nitrogen and oxygen atoms in total. The van der Waals surface area contributed by atoms with E-state index >= 15 is 0 Å². The Morgan fingerprint density at radius 2 is 1.46 bits per heavy atom. The molecule has 2 aromatic carbocycles. The summed E-state index contributed by atoms with van der Waals surface area (Å²) in [6, 6.07) is 15.0. The second-order valence-electron chi connectivity index (χ2n) is 7.59. The van der Waals surface area contributed by atoms with Crippen LogP contribution in [0.3, 0.4) is 0 Å². The van der Waals surface area contributed by atoms with Crippen LogP contribution in [0, 0.1) is 0 Å². The fraction of sp³-hybridized carbons (Fsp3) is 0.400. The Bertz CT molecular complexity index is 883. The van der Waals surface area contributed by atoms with Crippen molar-refractivity contribution in [3.63, 3.8) is 0 Å². The van der Waals surface area contributed by atoms with Gasteiger partial charge in [0.2, 0.25) is 10.0 Å². The quantitative estimate of drug-likeness (QED) is 0.787. The molecule has 0 radical (unpaired) electrons. The Morgan fingerprint density at radius 1 is 0.885 bits per heavy atom. The fourth-order valence-corrected chi connectivity index (χ4v) is 5.26. The first-order valence-corrected chi connectivity index (χ1v) is 10.6. The second kappa shape index (κ2) is 7.22. The van der Waals surface area contributed by atoms with Crippen molar-refractivity contribution in [1.29, 1.82) is 0 Å². The molecule has 0 spiro atoms. The van der Waals surface area contributed by atoms with Gasteiger partial charge in [-0.15, -0.1) is 0 Å².